The Morgan fingerprint density at radius 2 is 0.889 bits per heavy atom. The summed E-state index contributed by atoms with van der Waals surface area (Å²) in [5.74, 6) is 0. The van der Waals surface area contributed by atoms with Gasteiger partial charge >= 0.3 is 0 Å². The lowest BCUT2D eigenvalue weighted by atomic mass is 10.7. The lowest BCUT2D eigenvalue weighted by Crippen LogP contribution is -2.65. The Kier molecular flexibility index (Phi) is 3.00. The van der Waals surface area contributed by atoms with Gasteiger partial charge in [0.25, 0.3) is 0 Å². The molecule has 1 fully saturated rings. The van der Waals surface area contributed by atoms with Gasteiger partial charge in [-0.2, -0.15) is 0 Å². The average molecular weight is 180 g/mol. The second-order valence-electron chi connectivity index (χ2n) is 1.64. The first kappa shape index (κ1) is 8.03. The molecule has 9 heavy (non-hydrogen) atoms. The van der Waals surface area contributed by atoms with Crippen molar-refractivity contribution in [2.75, 3.05) is 0 Å². The summed E-state index contributed by atoms with van der Waals surface area (Å²) in [5.41, 5.74) is -0.594. The molecule has 1 aliphatic heterocycles. The summed E-state index contributed by atoms with van der Waals surface area (Å²) in [4.78, 5) is 0. The van der Waals surface area contributed by atoms with Crippen molar-refractivity contribution >= 4 is 37.9 Å². The zero-order valence-electron chi connectivity index (χ0n) is 4.46. The molecule has 3 nitrogen and oxygen atoms in total. The molecule has 0 amide bonds. The fraction of sp³-hybridized carbons (Fsp3) is 1.00. The lowest BCUT2D eigenvalue weighted by molar-refractivity contribution is 0.371. The van der Waals surface area contributed by atoms with E-state index in [-0.39, 0.29) is 16.5 Å². The van der Waals surface area contributed by atoms with Crippen LogP contribution >= 0.6 is 0 Å². The summed E-state index contributed by atoms with van der Waals surface area (Å²) in [6.07, 6.45) is 0. The van der Waals surface area contributed by atoms with Gasteiger partial charge in [-0.1, -0.05) is 16.5 Å². The van der Waals surface area contributed by atoms with Crippen molar-refractivity contribution in [2.45, 2.75) is 16.5 Å². The number of nitrogens with one attached hydrogen (secondary N) is 3. The quantitative estimate of drug-likeness (QED) is 0.384. The molecule has 0 aromatic carbocycles. The lowest BCUT2D eigenvalue weighted by Gasteiger charge is -2.49. The van der Waals surface area contributed by atoms with E-state index < -0.39 is 0 Å². The maximum Gasteiger partial charge on any atom is -0.0656 e. The standard InChI is InChI=1S/C3H9N3S3/c7-1-4-2(8)6-3(9)5-1/h1-9H/p-3. The normalized spacial score (nSPS) is 45.0. The first-order valence-electron chi connectivity index (χ1n) is 2.44. The summed E-state index contributed by atoms with van der Waals surface area (Å²) in [7, 11) is 0. The largest absolute Gasteiger partial charge is 0.759 e. The van der Waals surface area contributed by atoms with E-state index in [2.05, 4.69) is 16.0 Å². The highest BCUT2D eigenvalue weighted by molar-refractivity contribution is 7.61. The van der Waals surface area contributed by atoms with E-state index in [1.54, 1.807) is 0 Å². The van der Waals surface area contributed by atoms with Crippen LogP contribution in [0.1, 0.15) is 0 Å². The monoisotopic (exact) mass is 180 g/mol. The minimum absolute atomic E-state index is 0.198. The fourth-order valence-corrected chi connectivity index (χ4v) is 1.63. The van der Waals surface area contributed by atoms with Crippen LogP contribution in [0.25, 0.3) is 0 Å². The predicted molar refractivity (Wildman–Crippen MR) is 42.9 cm³/mol. The van der Waals surface area contributed by atoms with Crippen LogP contribution in [-0.4, -0.2) is 16.5 Å². The van der Waals surface area contributed by atoms with E-state index >= 15 is 0 Å². The smallest absolute Gasteiger partial charge is 0.0656 e. The van der Waals surface area contributed by atoms with Gasteiger partial charge in [0, 0.05) is 0 Å². The Bertz CT molecular complexity index is 75.3. The Morgan fingerprint density at radius 1 is 0.667 bits per heavy atom. The van der Waals surface area contributed by atoms with Crippen LogP contribution in [0.2, 0.25) is 0 Å². The summed E-state index contributed by atoms with van der Waals surface area (Å²) in [6, 6.07) is 0. The summed E-state index contributed by atoms with van der Waals surface area (Å²) >= 11 is 14.5. The molecule has 0 aliphatic carbocycles. The van der Waals surface area contributed by atoms with Gasteiger partial charge in [0.1, 0.15) is 0 Å². The van der Waals surface area contributed by atoms with Crippen molar-refractivity contribution in [3.8, 4) is 0 Å². The number of rotatable bonds is 0. The first-order valence-corrected chi connectivity index (χ1v) is 3.85. The van der Waals surface area contributed by atoms with Crippen molar-refractivity contribution < 1.29 is 0 Å². The second-order valence-corrected chi connectivity index (χ2v) is 3.05. The van der Waals surface area contributed by atoms with Crippen molar-refractivity contribution in [1.29, 1.82) is 0 Å². The highest BCUT2D eigenvalue weighted by Gasteiger charge is 2.01. The Labute approximate surface area is 70.6 Å². The Morgan fingerprint density at radius 3 is 1.11 bits per heavy atom. The van der Waals surface area contributed by atoms with Gasteiger partial charge in [-0.3, -0.25) is 0 Å². The highest BCUT2D eigenvalue weighted by atomic mass is 32.1. The van der Waals surface area contributed by atoms with Crippen LogP contribution in [0.15, 0.2) is 0 Å². The van der Waals surface area contributed by atoms with Crippen LogP contribution in [0, 0.1) is 0 Å². The molecule has 1 rings (SSSR count). The van der Waals surface area contributed by atoms with Crippen LogP contribution in [0.5, 0.6) is 0 Å². The molecule has 54 valence electrons. The first-order chi connectivity index (χ1) is 4.18. The second kappa shape index (κ2) is 3.36. The van der Waals surface area contributed by atoms with Gasteiger partial charge in [-0.25, -0.2) is 0 Å². The maximum atomic E-state index is 4.85. The number of hydrogen-bond acceptors (Lipinski definition) is 6. The minimum atomic E-state index is -0.198. The van der Waals surface area contributed by atoms with Gasteiger partial charge in [-0.05, 0) is 0 Å². The molecule has 1 saturated heterocycles. The van der Waals surface area contributed by atoms with Crippen LogP contribution in [0.4, 0.5) is 0 Å². The van der Waals surface area contributed by atoms with E-state index in [1.165, 1.54) is 0 Å². The molecule has 0 radical (unpaired) electrons. The molecular weight excluding hydrogens is 174 g/mol. The zero-order valence-corrected chi connectivity index (χ0v) is 6.91. The molecular formula is C3H6N3S3-3. The zero-order chi connectivity index (χ0) is 6.85. The van der Waals surface area contributed by atoms with Crippen LogP contribution < -0.4 is 16.0 Å². The van der Waals surface area contributed by atoms with Gasteiger partial charge in [0.05, 0.1) is 0 Å². The van der Waals surface area contributed by atoms with Crippen LogP contribution in [0.3, 0.4) is 0 Å². The molecule has 0 unspecified atom stereocenters. The predicted octanol–water partition coefficient (Wildman–Crippen LogP) is -1.74. The molecule has 6 heteroatoms. The highest BCUT2D eigenvalue weighted by Crippen LogP contribution is 1.88. The molecule has 0 aromatic rings. The van der Waals surface area contributed by atoms with E-state index in [9.17, 15) is 0 Å². The molecule has 0 spiro atoms. The van der Waals surface area contributed by atoms with Gasteiger partial charge in [0.2, 0.25) is 0 Å². The maximum absolute atomic E-state index is 4.85. The fourth-order valence-electron chi connectivity index (χ4n) is 0.557. The van der Waals surface area contributed by atoms with Gasteiger partial charge < -0.3 is 53.8 Å². The molecule has 1 aliphatic rings. The van der Waals surface area contributed by atoms with E-state index in [1.807, 2.05) is 0 Å². The van der Waals surface area contributed by atoms with E-state index in [0.29, 0.717) is 0 Å². The van der Waals surface area contributed by atoms with E-state index in [4.69, 9.17) is 37.9 Å². The Hall–Kier alpha value is 0.930. The van der Waals surface area contributed by atoms with Crippen molar-refractivity contribution in [3.05, 3.63) is 0 Å². The molecule has 0 aromatic heterocycles. The average Bonchev–Trinajstić information content (AvgIpc) is 1.59. The van der Waals surface area contributed by atoms with Gasteiger partial charge in [0.15, 0.2) is 0 Å². The minimum Gasteiger partial charge on any atom is -0.759 e. The SMILES string of the molecule is [S-]C1NC([S-])NC([S-])N1. The van der Waals surface area contributed by atoms with Crippen molar-refractivity contribution in [3.63, 3.8) is 0 Å². The molecule has 0 bridgehead atoms. The van der Waals surface area contributed by atoms with Crippen LogP contribution in [-0.2, 0) is 37.9 Å². The van der Waals surface area contributed by atoms with E-state index in [0.717, 1.165) is 0 Å². The third-order valence-electron chi connectivity index (χ3n) is 0.908. The van der Waals surface area contributed by atoms with Crippen molar-refractivity contribution in [2.24, 2.45) is 0 Å². The summed E-state index contributed by atoms with van der Waals surface area (Å²) < 4.78 is 0. The van der Waals surface area contributed by atoms with Gasteiger partial charge in [-0.15, -0.1) is 0 Å². The third-order valence-corrected chi connectivity index (χ3v) is 1.72. The molecule has 0 atom stereocenters. The molecule has 1 heterocycles. The topological polar surface area (TPSA) is 36.1 Å². The molecule has 0 saturated carbocycles. The number of hydrogen-bond donors (Lipinski definition) is 3. The Balaban J connectivity index is 2.34. The summed E-state index contributed by atoms with van der Waals surface area (Å²) in [6.45, 7) is 0. The molecule has 3 N–H and O–H groups in total. The summed E-state index contributed by atoms with van der Waals surface area (Å²) in [5, 5.41) is 8.55. The third kappa shape index (κ3) is 2.57. The van der Waals surface area contributed by atoms with Crippen molar-refractivity contribution in [1.82, 2.24) is 16.0 Å².